The highest BCUT2D eigenvalue weighted by Gasteiger charge is 2.15. The fraction of sp³-hybridized carbons (Fsp3) is 0.222. The van der Waals surface area contributed by atoms with Crippen molar-refractivity contribution in [3.63, 3.8) is 0 Å². The van der Waals surface area contributed by atoms with Gasteiger partial charge in [-0.1, -0.05) is 0 Å². The molecule has 1 heterocycles. The molecular weight excluding hydrogens is 173 g/mol. The molecule has 0 aliphatic carbocycles. The Labute approximate surface area is 74.3 Å². The van der Waals surface area contributed by atoms with Crippen molar-refractivity contribution in [2.24, 2.45) is 0 Å². The number of nitriles is 1. The van der Waals surface area contributed by atoms with Crippen LogP contribution in [0, 0.1) is 17.1 Å². The molecule has 0 saturated carbocycles. The van der Waals surface area contributed by atoms with Crippen molar-refractivity contribution in [1.29, 1.82) is 5.26 Å². The zero-order chi connectivity index (χ0) is 9.26. The highest BCUT2D eigenvalue weighted by molar-refractivity contribution is 5.48. The topological polar surface area (TPSA) is 42.2 Å². The summed E-state index contributed by atoms with van der Waals surface area (Å²) in [6.45, 7) is 0.849. The number of hydrogen-bond donors (Lipinski definition) is 0. The van der Waals surface area contributed by atoms with Gasteiger partial charge in [0.15, 0.2) is 11.5 Å². The highest BCUT2D eigenvalue weighted by Crippen LogP contribution is 2.32. The summed E-state index contributed by atoms with van der Waals surface area (Å²) in [4.78, 5) is 0. The van der Waals surface area contributed by atoms with Crippen LogP contribution in [0.3, 0.4) is 0 Å². The number of halogens is 1. The molecule has 0 fully saturated rings. The molecule has 66 valence electrons. The normalized spacial score (nSPS) is 13.5. The minimum absolute atomic E-state index is 0.0238. The van der Waals surface area contributed by atoms with Crippen molar-refractivity contribution in [2.45, 2.75) is 0 Å². The van der Waals surface area contributed by atoms with Gasteiger partial charge in [-0.2, -0.15) is 5.26 Å². The van der Waals surface area contributed by atoms with E-state index in [0.29, 0.717) is 24.7 Å². The van der Waals surface area contributed by atoms with Crippen LogP contribution in [0.1, 0.15) is 5.56 Å². The molecule has 4 heteroatoms. The van der Waals surface area contributed by atoms with E-state index < -0.39 is 5.82 Å². The average Bonchev–Trinajstić information content (AvgIpc) is 2.17. The Morgan fingerprint density at radius 2 is 1.85 bits per heavy atom. The number of nitrogens with zero attached hydrogens (tertiary/aromatic N) is 1. The lowest BCUT2D eigenvalue weighted by Gasteiger charge is -2.18. The molecule has 0 atom stereocenters. The van der Waals surface area contributed by atoms with Crippen LogP contribution >= 0.6 is 0 Å². The zero-order valence-electron chi connectivity index (χ0n) is 6.71. The molecule has 0 radical (unpaired) electrons. The van der Waals surface area contributed by atoms with Crippen molar-refractivity contribution >= 4 is 0 Å². The molecular formula is C9H6FNO2. The molecule has 2 rings (SSSR count). The Balaban J connectivity index is 2.52. The number of hydrogen-bond acceptors (Lipinski definition) is 3. The standard InChI is InChI=1S/C9H6FNO2/c10-7-4-9-8(3-6(7)5-11)12-1-2-13-9/h3-4H,1-2H2. The van der Waals surface area contributed by atoms with Gasteiger partial charge in [0.1, 0.15) is 25.1 Å². The molecule has 1 aromatic rings. The van der Waals surface area contributed by atoms with Gasteiger partial charge in [0, 0.05) is 12.1 Å². The molecule has 0 unspecified atom stereocenters. The lowest BCUT2D eigenvalue weighted by Crippen LogP contribution is -2.15. The first-order chi connectivity index (χ1) is 6.31. The summed E-state index contributed by atoms with van der Waals surface area (Å²) in [7, 11) is 0. The second-order valence-corrected chi connectivity index (χ2v) is 2.59. The van der Waals surface area contributed by atoms with E-state index in [2.05, 4.69) is 0 Å². The lowest BCUT2D eigenvalue weighted by atomic mass is 10.2. The van der Waals surface area contributed by atoms with Gasteiger partial charge < -0.3 is 9.47 Å². The molecule has 1 aliphatic heterocycles. The molecule has 0 amide bonds. The van der Waals surface area contributed by atoms with E-state index in [0.717, 1.165) is 0 Å². The Bertz CT molecular complexity index is 384. The predicted molar refractivity (Wildman–Crippen MR) is 42.1 cm³/mol. The second-order valence-electron chi connectivity index (χ2n) is 2.59. The highest BCUT2D eigenvalue weighted by atomic mass is 19.1. The molecule has 1 aliphatic rings. The van der Waals surface area contributed by atoms with E-state index in [4.69, 9.17) is 14.7 Å². The molecule has 3 nitrogen and oxygen atoms in total. The first-order valence-corrected chi connectivity index (χ1v) is 3.80. The maximum Gasteiger partial charge on any atom is 0.164 e. The predicted octanol–water partition coefficient (Wildman–Crippen LogP) is 1.47. The Morgan fingerprint density at radius 1 is 1.23 bits per heavy atom. The third-order valence-corrected chi connectivity index (χ3v) is 1.75. The van der Waals surface area contributed by atoms with Crippen LogP contribution in [-0.2, 0) is 0 Å². The van der Waals surface area contributed by atoms with Gasteiger partial charge in [-0.25, -0.2) is 4.39 Å². The fourth-order valence-corrected chi connectivity index (χ4v) is 1.15. The molecule has 0 aromatic heterocycles. The number of rotatable bonds is 0. The van der Waals surface area contributed by atoms with Gasteiger partial charge in [-0.3, -0.25) is 0 Å². The third-order valence-electron chi connectivity index (χ3n) is 1.75. The van der Waals surface area contributed by atoms with Gasteiger partial charge >= 0.3 is 0 Å². The van der Waals surface area contributed by atoms with Gasteiger partial charge in [0.05, 0.1) is 5.56 Å². The Hall–Kier alpha value is -1.76. The average molecular weight is 179 g/mol. The van der Waals surface area contributed by atoms with Crippen LogP contribution in [0.4, 0.5) is 4.39 Å². The largest absolute Gasteiger partial charge is 0.486 e. The smallest absolute Gasteiger partial charge is 0.164 e. The van der Waals surface area contributed by atoms with Crippen LogP contribution in [0.25, 0.3) is 0 Å². The summed E-state index contributed by atoms with van der Waals surface area (Å²) in [5, 5.41) is 8.53. The summed E-state index contributed by atoms with van der Waals surface area (Å²) in [6.07, 6.45) is 0. The molecule has 1 aromatic carbocycles. The van der Waals surface area contributed by atoms with E-state index in [1.54, 1.807) is 6.07 Å². The molecule has 0 N–H and O–H groups in total. The van der Waals surface area contributed by atoms with E-state index in [-0.39, 0.29) is 5.56 Å². The molecule has 0 bridgehead atoms. The Morgan fingerprint density at radius 3 is 2.46 bits per heavy atom. The molecule has 13 heavy (non-hydrogen) atoms. The van der Waals surface area contributed by atoms with Crippen LogP contribution in [0.2, 0.25) is 0 Å². The minimum atomic E-state index is -0.577. The summed E-state index contributed by atoms with van der Waals surface area (Å²) >= 11 is 0. The summed E-state index contributed by atoms with van der Waals surface area (Å²) in [5.74, 6) is 0.221. The Kier molecular flexibility index (Phi) is 1.78. The molecule has 0 spiro atoms. The monoisotopic (exact) mass is 179 g/mol. The summed E-state index contributed by atoms with van der Waals surface area (Å²) < 4.78 is 23.3. The van der Waals surface area contributed by atoms with Crippen molar-refractivity contribution < 1.29 is 13.9 Å². The maximum absolute atomic E-state index is 13.0. The van der Waals surface area contributed by atoms with Gasteiger partial charge in [-0.05, 0) is 0 Å². The van der Waals surface area contributed by atoms with E-state index in [1.807, 2.05) is 0 Å². The van der Waals surface area contributed by atoms with Crippen LogP contribution in [0.15, 0.2) is 12.1 Å². The molecule has 0 saturated heterocycles. The minimum Gasteiger partial charge on any atom is -0.486 e. The summed E-state index contributed by atoms with van der Waals surface area (Å²) in [5.41, 5.74) is -0.0238. The van der Waals surface area contributed by atoms with Crippen LogP contribution in [0.5, 0.6) is 11.5 Å². The number of benzene rings is 1. The van der Waals surface area contributed by atoms with E-state index in [9.17, 15) is 4.39 Å². The van der Waals surface area contributed by atoms with Gasteiger partial charge in [-0.15, -0.1) is 0 Å². The zero-order valence-corrected chi connectivity index (χ0v) is 6.71. The summed E-state index contributed by atoms with van der Waals surface area (Å²) in [6, 6.07) is 4.26. The van der Waals surface area contributed by atoms with E-state index in [1.165, 1.54) is 12.1 Å². The number of fused-ring (bicyclic) bond motifs is 1. The SMILES string of the molecule is N#Cc1cc2c(cc1F)OCCO2. The first kappa shape index (κ1) is 7.87. The maximum atomic E-state index is 13.0. The van der Waals surface area contributed by atoms with E-state index >= 15 is 0 Å². The van der Waals surface area contributed by atoms with Crippen molar-refractivity contribution in [2.75, 3.05) is 13.2 Å². The van der Waals surface area contributed by atoms with Gasteiger partial charge in [0.25, 0.3) is 0 Å². The fourth-order valence-electron chi connectivity index (χ4n) is 1.15. The first-order valence-electron chi connectivity index (χ1n) is 3.80. The van der Waals surface area contributed by atoms with Crippen molar-refractivity contribution in [3.8, 4) is 17.6 Å². The quantitative estimate of drug-likeness (QED) is 0.605. The van der Waals surface area contributed by atoms with Crippen molar-refractivity contribution in [1.82, 2.24) is 0 Å². The van der Waals surface area contributed by atoms with Crippen molar-refractivity contribution in [3.05, 3.63) is 23.5 Å². The van der Waals surface area contributed by atoms with Crippen LogP contribution < -0.4 is 9.47 Å². The second kappa shape index (κ2) is 2.94. The third kappa shape index (κ3) is 1.29. The lowest BCUT2D eigenvalue weighted by molar-refractivity contribution is 0.170. The van der Waals surface area contributed by atoms with Crippen LogP contribution in [-0.4, -0.2) is 13.2 Å². The number of ether oxygens (including phenoxy) is 2. The van der Waals surface area contributed by atoms with Gasteiger partial charge in [0.2, 0.25) is 0 Å².